The molecule has 10 heterocycles. The number of anilines is 3. The van der Waals surface area contributed by atoms with Crippen LogP contribution < -0.4 is 17.2 Å². The van der Waals surface area contributed by atoms with E-state index < -0.39 is 52.7 Å². The molecule has 6 saturated carbocycles. The number of alkyl halides is 9. The molecule has 6 unspecified atom stereocenters. The first-order chi connectivity index (χ1) is 45.2. The number of nitrogen functional groups attached to an aromatic ring is 3. The normalized spacial score (nSPS) is 27.3. The highest BCUT2D eigenvalue weighted by Gasteiger charge is 2.61. The van der Waals surface area contributed by atoms with Gasteiger partial charge < -0.3 is 31.1 Å². The smallest absolute Gasteiger partial charge is 0.383 e. The first-order valence-corrected chi connectivity index (χ1v) is 33.0. The van der Waals surface area contributed by atoms with Gasteiger partial charge >= 0.3 is 18.5 Å². The van der Waals surface area contributed by atoms with E-state index >= 15 is 0 Å². The quantitative estimate of drug-likeness (QED) is 0.0914. The number of imidazole rings is 2. The predicted molar refractivity (Wildman–Crippen MR) is 337 cm³/mol. The average molecular weight is 1320 g/mol. The molecule has 0 radical (unpaired) electrons. The fraction of sp³-hybridized carbons (Fsp3) is 0.552. The number of piperazine rings is 1. The van der Waals surface area contributed by atoms with Gasteiger partial charge in [0.05, 0.1) is 65.7 Å². The molecule has 0 spiro atoms. The average Bonchev–Trinajstić information content (AvgIpc) is 1.57. The third-order valence-corrected chi connectivity index (χ3v) is 21.5. The van der Waals surface area contributed by atoms with Gasteiger partial charge in [0.2, 0.25) is 0 Å². The van der Waals surface area contributed by atoms with Crippen molar-refractivity contribution >= 4 is 17.5 Å². The van der Waals surface area contributed by atoms with E-state index in [9.17, 15) is 39.5 Å². The molecule has 2 aliphatic heterocycles. The molecule has 506 valence electrons. The van der Waals surface area contributed by atoms with E-state index in [-0.39, 0.29) is 18.1 Å². The summed E-state index contributed by atoms with van der Waals surface area (Å²) < 4.78 is 135. The molecule has 19 nitrogen and oxygen atoms in total. The van der Waals surface area contributed by atoms with Crippen LogP contribution >= 0.6 is 0 Å². The van der Waals surface area contributed by atoms with Crippen molar-refractivity contribution in [3.05, 3.63) is 126 Å². The highest BCUT2D eigenvalue weighted by atomic mass is 19.4. The Morgan fingerprint density at radius 1 is 0.421 bits per heavy atom. The van der Waals surface area contributed by atoms with E-state index in [4.69, 9.17) is 27.0 Å². The van der Waals surface area contributed by atoms with Gasteiger partial charge in [0.1, 0.15) is 17.5 Å². The van der Waals surface area contributed by atoms with E-state index in [0.717, 1.165) is 100 Å². The second-order valence-electron chi connectivity index (χ2n) is 28.2. The van der Waals surface area contributed by atoms with Crippen LogP contribution in [0.25, 0.3) is 33.8 Å². The Labute approximate surface area is 543 Å². The summed E-state index contributed by atoms with van der Waals surface area (Å²) in [7, 11) is 0. The maximum atomic E-state index is 13.4. The molecule has 8 aromatic rings. The van der Waals surface area contributed by atoms with Crippen molar-refractivity contribution < 1.29 is 44.3 Å². The molecule has 12 atom stereocenters. The van der Waals surface area contributed by atoms with Crippen molar-refractivity contribution in [3.8, 4) is 33.8 Å². The molecule has 8 fully saturated rings. The summed E-state index contributed by atoms with van der Waals surface area (Å²) in [5.41, 5.74) is 19.5. The number of nitrogens with zero attached hydrogens (tertiary/aromatic N) is 15. The monoisotopic (exact) mass is 1320 g/mol. The van der Waals surface area contributed by atoms with Crippen molar-refractivity contribution in [2.75, 3.05) is 56.6 Å². The molecule has 28 heteroatoms. The zero-order chi connectivity index (χ0) is 66.9. The topological polar surface area (TPSA) is 222 Å². The van der Waals surface area contributed by atoms with E-state index in [1.807, 2.05) is 85.0 Å². The number of fused-ring (bicyclic) bond motifs is 3. The Bertz CT molecular complexity index is 3840. The molecule has 0 bridgehead atoms. The number of hydrogen-bond acceptors (Lipinski definition) is 14. The number of pyridine rings is 3. The van der Waals surface area contributed by atoms with Crippen molar-refractivity contribution in [1.29, 1.82) is 0 Å². The van der Waals surface area contributed by atoms with Crippen LogP contribution in [-0.4, -0.2) is 125 Å². The Morgan fingerprint density at radius 2 is 0.716 bits per heavy atom. The van der Waals surface area contributed by atoms with Gasteiger partial charge in [-0.3, -0.25) is 23.8 Å². The zero-order valence-electron chi connectivity index (χ0n) is 53.6. The van der Waals surface area contributed by atoms with Crippen molar-refractivity contribution in [2.24, 2.45) is 35.5 Å². The lowest BCUT2D eigenvalue weighted by Crippen LogP contribution is -2.57. The summed E-state index contributed by atoms with van der Waals surface area (Å²) in [5.74, 6) is 3.28. The van der Waals surface area contributed by atoms with E-state index in [0.29, 0.717) is 111 Å². The molecular weight excluding hydrogens is 1240 g/mol. The molecule has 2 saturated heterocycles. The molecule has 8 aliphatic rings. The molecule has 0 amide bonds. The standard InChI is InChI=1S/C25H33F3N6O.2C21H23F3N6/c1-14(2)34-22(10-21(31-34)15-7-20(25(26,27)28)24(29)30-11-15)23-18-8-16(9-19(18)23)32-3-5-33(6-4-32)17-12-35-13-17;2*1-11(2)30-18(19-14-6-13(7-15(14)19)29-4-3-26-10-29)8-17(28-30)12-5-16(21(22,23)24)20(25)27-9-12/h7,10-11,14,16-19,23H,3-6,8-9,12-13H2,1-2H3,(H2,29,30);2*3-5,8-11,13-15,19H,6-7H2,1-2H3,(H2,25,27)/t16?,18-,19+,23?;2*13?,14-,15+,19?. The highest BCUT2D eigenvalue weighted by Crippen LogP contribution is 2.68. The van der Waals surface area contributed by atoms with Crippen molar-refractivity contribution in [1.82, 2.24) is 73.2 Å². The fourth-order valence-electron chi connectivity index (χ4n) is 16.6. The van der Waals surface area contributed by atoms with Gasteiger partial charge in [-0.2, -0.15) is 54.8 Å². The van der Waals surface area contributed by atoms with Crippen LogP contribution in [0.15, 0.2) is 92.4 Å². The number of hydrogen-bond donors (Lipinski definition) is 3. The number of halogens is 9. The summed E-state index contributed by atoms with van der Waals surface area (Å²) in [6, 6.07) is 11.6. The number of aromatic nitrogens is 13. The van der Waals surface area contributed by atoms with Crippen LogP contribution in [0.5, 0.6) is 0 Å². The van der Waals surface area contributed by atoms with Gasteiger partial charge in [-0.15, -0.1) is 0 Å². The Kier molecular flexibility index (Phi) is 16.5. The maximum Gasteiger partial charge on any atom is 0.419 e. The van der Waals surface area contributed by atoms with Gasteiger partial charge in [-0.1, -0.05) is 0 Å². The van der Waals surface area contributed by atoms with Crippen LogP contribution in [0.4, 0.5) is 57.0 Å². The number of rotatable bonds is 13. The minimum atomic E-state index is -4.55. The number of ether oxygens (including phenoxy) is 1. The summed E-state index contributed by atoms with van der Waals surface area (Å²) in [6.07, 6.45) is 8.58. The first-order valence-electron chi connectivity index (χ1n) is 33.0. The van der Waals surface area contributed by atoms with Gasteiger partial charge in [0.15, 0.2) is 0 Å². The second kappa shape index (κ2) is 24.4. The summed E-state index contributed by atoms with van der Waals surface area (Å²) in [6.45, 7) is 18.6. The lowest BCUT2D eigenvalue weighted by atomic mass is 10.0. The minimum Gasteiger partial charge on any atom is -0.383 e. The molecule has 95 heavy (non-hydrogen) atoms. The summed E-state index contributed by atoms with van der Waals surface area (Å²) in [5, 5.41) is 14.0. The maximum absolute atomic E-state index is 13.4. The molecule has 6 N–H and O–H groups in total. The lowest BCUT2D eigenvalue weighted by molar-refractivity contribution is -0.137. The Balaban J connectivity index is 0.000000123. The fourth-order valence-corrected chi connectivity index (χ4v) is 16.6. The van der Waals surface area contributed by atoms with Crippen LogP contribution in [0.3, 0.4) is 0 Å². The molecule has 16 rings (SSSR count). The third-order valence-electron chi connectivity index (χ3n) is 21.5. The van der Waals surface area contributed by atoms with Crippen LogP contribution in [0.2, 0.25) is 0 Å². The van der Waals surface area contributed by atoms with Crippen LogP contribution in [-0.2, 0) is 23.3 Å². The molecule has 6 aliphatic carbocycles. The lowest BCUT2D eigenvalue weighted by Gasteiger charge is -2.44. The summed E-state index contributed by atoms with van der Waals surface area (Å²) >= 11 is 0. The zero-order valence-corrected chi connectivity index (χ0v) is 53.6. The third kappa shape index (κ3) is 12.5. The van der Waals surface area contributed by atoms with Gasteiger partial charge in [-0.05, 0) is 152 Å². The van der Waals surface area contributed by atoms with Gasteiger partial charge in [-0.25, -0.2) is 24.9 Å². The SMILES string of the molecule is CC(C)n1nc(-c2cnc(N)c(C(F)(F)F)c2)cc1C1[C@H]2CC(N3CCN(C4COC4)CC3)C[C@@H]12.CC(C)n1nc(-c2cnc(N)c(C(F)(F)F)c2)cc1C1[C@H]2CC(n3ccnc3)C[C@@H]12.CC(C)n1nc(-c2cnc(N)c(C(F)(F)F)c2)cc1C1[C@H]2CC(n3ccnc3)C[C@@H]12. The van der Waals surface area contributed by atoms with Crippen LogP contribution in [0.1, 0.15) is 162 Å². The van der Waals surface area contributed by atoms with Crippen molar-refractivity contribution in [3.63, 3.8) is 0 Å². The van der Waals surface area contributed by atoms with Gasteiger partial charge in [0, 0.05) is 157 Å². The second-order valence-corrected chi connectivity index (χ2v) is 28.2. The highest BCUT2D eigenvalue weighted by molar-refractivity contribution is 5.65. The number of nitrogens with two attached hydrogens (primary N) is 3. The largest absolute Gasteiger partial charge is 0.419 e. The minimum absolute atomic E-state index is 0.114. The molecule has 8 aromatic heterocycles. The van der Waals surface area contributed by atoms with Gasteiger partial charge in [0.25, 0.3) is 0 Å². The van der Waals surface area contributed by atoms with E-state index in [2.05, 4.69) is 67.9 Å². The predicted octanol–water partition coefficient (Wildman–Crippen LogP) is 13.0. The molecule has 0 aromatic carbocycles. The first kappa shape index (κ1) is 64.5. The molecular formula is C67H79F9N18O. The Morgan fingerprint density at radius 3 is 0.968 bits per heavy atom. The van der Waals surface area contributed by atoms with E-state index in [1.165, 1.54) is 31.4 Å². The van der Waals surface area contributed by atoms with Crippen LogP contribution in [0, 0.1) is 35.5 Å². The van der Waals surface area contributed by atoms with E-state index in [1.54, 1.807) is 12.4 Å². The summed E-state index contributed by atoms with van der Waals surface area (Å²) in [4.78, 5) is 24.8. The van der Waals surface area contributed by atoms with Crippen molar-refractivity contribution in [2.45, 2.75) is 159 Å². The Hall–Kier alpha value is -7.85.